The first kappa shape index (κ1) is 11.3. The highest BCUT2D eigenvalue weighted by molar-refractivity contribution is 6.04. The van der Waals surface area contributed by atoms with E-state index in [1.54, 1.807) is 36.4 Å². The van der Waals surface area contributed by atoms with Crippen molar-refractivity contribution in [1.82, 2.24) is 0 Å². The summed E-state index contributed by atoms with van der Waals surface area (Å²) in [7, 11) is 0. The van der Waals surface area contributed by atoms with E-state index in [9.17, 15) is 14.9 Å². The van der Waals surface area contributed by atoms with Crippen molar-refractivity contribution in [2.75, 3.05) is 10.2 Å². The van der Waals surface area contributed by atoms with E-state index in [0.717, 1.165) is 0 Å². The van der Waals surface area contributed by atoms with Crippen molar-refractivity contribution >= 4 is 23.2 Å². The number of carbonyl (C=O) groups excluding carboxylic acids is 1. The highest BCUT2D eigenvalue weighted by Gasteiger charge is 2.43. The van der Waals surface area contributed by atoms with Crippen molar-refractivity contribution in [3.63, 3.8) is 0 Å². The molecular formula is C12H9N3O4. The van der Waals surface area contributed by atoms with Crippen molar-refractivity contribution in [2.45, 2.75) is 6.17 Å². The van der Waals surface area contributed by atoms with Crippen molar-refractivity contribution < 1.29 is 14.1 Å². The molecule has 1 aliphatic rings. The summed E-state index contributed by atoms with van der Waals surface area (Å²) in [6, 6.07) is 10.0. The van der Waals surface area contributed by atoms with Gasteiger partial charge in [-0.3, -0.25) is 14.9 Å². The van der Waals surface area contributed by atoms with Crippen LogP contribution >= 0.6 is 0 Å². The number of amides is 1. The molecule has 1 N–H and O–H groups in total. The van der Waals surface area contributed by atoms with Crippen LogP contribution in [-0.2, 0) is 4.79 Å². The molecule has 1 aromatic heterocycles. The van der Waals surface area contributed by atoms with E-state index in [1.807, 2.05) is 0 Å². The summed E-state index contributed by atoms with van der Waals surface area (Å²) in [6.07, 6.45) is -0.136. The van der Waals surface area contributed by atoms with Gasteiger partial charge >= 0.3 is 12.1 Å². The van der Waals surface area contributed by atoms with Gasteiger partial charge in [0.2, 0.25) is 5.88 Å². The predicted molar refractivity (Wildman–Crippen MR) is 66.7 cm³/mol. The van der Waals surface area contributed by atoms with Gasteiger partial charge in [0.05, 0.1) is 22.6 Å². The fraction of sp³-hybridized carbons (Fsp3) is 0.0833. The zero-order chi connectivity index (χ0) is 13.4. The monoisotopic (exact) mass is 259 g/mol. The Morgan fingerprint density at radius 3 is 2.74 bits per heavy atom. The summed E-state index contributed by atoms with van der Waals surface area (Å²) in [4.78, 5) is 23.6. The molecule has 1 aliphatic heterocycles. The third-order valence-electron chi connectivity index (χ3n) is 2.84. The fourth-order valence-electron chi connectivity index (χ4n) is 2.07. The first-order chi connectivity index (χ1) is 9.18. The molecule has 0 saturated heterocycles. The molecule has 1 unspecified atom stereocenters. The van der Waals surface area contributed by atoms with Gasteiger partial charge in [-0.1, -0.05) is 12.1 Å². The van der Waals surface area contributed by atoms with Crippen LogP contribution in [-0.4, -0.2) is 17.0 Å². The van der Waals surface area contributed by atoms with E-state index in [2.05, 4.69) is 5.32 Å². The molecule has 1 atom stereocenters. The lowest BCUT2D eigenvalue weighted by Gasteiger charge is -2.30. The molecule has 7 nitrogen and oxygen atoms in total. The Bertz CT molecular complexity index is 638. The third-order valence-corrected chi connectivity index (χ3v) is 2.84. The van der Waals surface area contributed by atoms with Crippen LogP contribution in [0.1, 0.15) is 0 Å². The smallest absolute Gasteiger partial charge is 0.372 e. The van der Waals surface area contributed by atoms with Gasteiger partial charge < -0.3 is 9.73 Å². The number of carbonyl (C=O) groups is 1. The molecule has 0 aliphatic carbocycles. The lowest BCUT2D eigenvalue weighted by atomic mass is 10.1. The van der Waals surface area contributed by atoms with E-state index in [1.165, 1.54) is 11.2 Å². The molecule has 0 fully saturated rings. The predicted octanol–water partition coefficient (Wildman–Crippen LogP) is 1.97. The van der Waals surface area contributed by atoms with Crippen LogP contribution in [0, 0.1) is 10.1 Å². The maximum absolute atomic E-state index is 11.9. The van der Waals surface area contributed by atoms with E-state index < -0.39 is 17.0 Å². The van der Waals surface area contributed by atoms with Gasteiger partial charge in [-0.25, -0.2) is 4.90 Å². The number of fused-ring (bicyclic) bond motifs is 1. The molecule has 96 valence electrons. The van der Waals surface area contributed by atoms with Gasteiger partial charge in [0, 0.05) is 6.07 Å². The molecule has 7 heteroatoms. The highest BCUT2D eigenvalue weighted by atomic mass is 16.6. The zero-order valence-electron chi connectivity index (χ0n) is 9.65. The Balaban J connectivity index is 2.19. The van der Waals surface area contributed by atoms with E-state index in [4.69, 9.17) is 4.42 Å². The van der Waals surface area contributed by atoms with Crippen LogP contribution in [0.3, 0.4) is 0 Å². The minimum atomic E-state index is -1.54. The van der Waals surface area contributed by atoms with Crippen LogP contribution in [0.4, 0.5) is 17.3 Å². The fourth-order valence-corrected chi connectivity index (χ4v) is 2.07. The minimum Gasteiger partial charge on any atom is -0.448 e. The molecule has 0 spiro atoms. The Morgan fingerprint density at radius 2 is 2.05 bits per heavy atom. The molecule has 2 aromatic rings. The van der Waals surface area contributed by atoms with Gasteiger partial charge in [-0.15, -0.1) is 0 Å². The number of benzene rings is 1. The summed E-state index contributed by atoms with van der Waals surface area (Å²) in [5, 5.41) is 13.7. The molecule has 0 bridgehead atoms. The van der Waals surface area contributed by atoms with Crippen LogP contribution in [0.25, 0.3) is 0 Å². The largest absolute Gasteiger partial charge is 0.448 e. The van der Waals surface area contributed by atoms with E-state index in [0.29, 0.717) is 11.4 Å². The molecule has 3 rings (SSSR count). The van der Waals surface area contributed by atoms with Crippen molar-refractivity contribution in [2.24, 2.45) is 0 Å². The van der Waals surface area contributed by atoms with E-state index in [-0.39, 0.29) is 5.88 Å². The average Bonchev–Trinajstić information content (AvgIpc) is 2.90. The molecule has 0 saturated carbocycles. The lowest BCUT2D eigenvalue weighted by molar-refractivity contribution is -0.505. The second-order valence-electron chi connectivity index (χ2n) is 3.99. The van der Waals surface area contributed by atoms with Crippen LogP contribution in [0.5, 0.6) is 0 Å². The van der Waals surface area contributed by atoms with Gasteiger partial charge in [0.1, 0.15) is 0 Å². The van der Waals surface area contributed by atoms with Gasteiger partial charge in [-0.05, 0) is 18.2 Å². The summed E-state index contributed by atoms with van der Waals surface area (Å²) in [6.45, 7) is 0. The Labute approximate surface area is 107 Å². The number of nitrogens with zero attached hydrogens (tertiary/aromatic N) is 2. The van der Waals surface area contributed by atoms with Crippen molar-refractivity contribution in [3.05, 3.63) is 52.8 Å². The molecule has 1 aromatic carbocycles. The Kier molecular flexibility index (Phi) is 2.45. The quantitative estimate of drug-likeness (QED) is 0.658. The number of para-hydroxylation sites is 2. The molecule has 0 radical (unpaired) electrons. The highest BCUT2D eigenvalue weighted by Crippen LogP contribution is 2.37. The van der Waals surface area contributed by atoms with E-state index >= 15 is 0 Å². The maximum atomic E-state index is 11.9. The second kappa shape index (κ2) is 4.13. The number of anilines is 3. The summed E-state index contributed by atoms with van der Waals surface area (Å²) >= 11 is 0. The number of nitro groups is 1. The molecule has 2 heterocycles. The Morgan fingerprint density at radius 1 is 1.26 bits per heavy atom. The second-order valence-corrected chi connectivity index (χ2v) is 3.99. The zero-order valence-corrected chi connectivity index (χ0v) is 9.65. The Hall–Kier alpha value is -2.83. The average molecular weight is 259 g/mol. The molecular weight excluding hydrogens is 250 g/mol. The first-order valence-corrected chi connectivity index (χ1v) is 5.54. The minimum absolute atomic E-state index is 0.254. The summed E-state index contributed by atoms with van der Waals surface area (Å²) in [5.41, 5.74) is 1.04. The number of hydrogen-bond acceptors (Lipinski definition) is 5. The number of furan rings is 1. The number of rotatable bonds is 2. The summed E-state index contributed by atoms with van der Waals surface area (Å²) < 4.78 is 5.20. The SMILES string of the molecule is O=C1Nc2ccccc2N(c2ccco2)C1[N+](=O)[O-]. The van der Waals surface area contributed by atoms with Gasteiger partial charge in [-0.2, -0.15) is 0 Å². The molecule has 1 amide bonds. The number of nitrogens with one attached hydrogen (secondary N) is 1. The third kappa shape index (κ3) is 1.71. The molecule has 19 heavy (non-hydrogen) atoms. The maximum Gasteiger partial charge on any atom is 0.372 e. The summed E-state index contributed by atoms with van der Waals surface area (Å²) in [5.74, 6) is -0.441. The number of hydrogen-bond donors (Lipinski definition) is 1. The lowest BCUT2D eigenvalue weighted by Crippen LogP contribution is -2.50. The van der Waals surface area contributed by atoms with Gasteiger partial charge in [0.25, 0.3) is 0 Å². The van der Waals surface area contributed by atoms with Crippen LogP contribution in [0.2, 0.25) is 0 Å². The normalized spacial score (nSPS) is 17.8. The first-order valence-electron chi connectivity index (χ1n) is 5.54. The van der Waals surface area contributed by atoms with Crippen LogP contribution in [0.15, 0.2) is 47.1 Å². The van der Waals surface area contributed by atoms with Crippen LogP contribution < -0.4 is 10.2 Å². The van der Waals surface area contributed by atoms with Crippen molar-refractivity contribution in [3.8, 4) is 0 Å². The topological polar surface area (TPSA) is 88.6 Å². The standard InChI is InChI=1S/C12H9N3O4/c16-11-12(15(17)18)14(10-6-3-7-19-10)9-5-2-1-4-8(9)13-11/h1-7,12H,(H,13,16). The van der Waals surface area contributed by atoms with Gasteiger partial charge in [0.15, 0.2) is 0 Å². The van der Waals surface area contributed by atoms with Crippen molar-refractivity contribution in [1.29, 1.82) is 0 Å².